The zero-order valence-electron chi connectivity index (χ0n) is 7.79. The highest BCUT2D eigenvalue weighted by Crippen LogP contribution is 2.08. The second-order valence-corrected chi connectivity index (χ2v) is 3.59. The third kappa shape index (κ3) is 2.59. The van der Waals surface area contributed by atoms with Crippen LogP contribution < -0.4 is 4.43 Å². The third-order valence-corrected chi connectivity index (χ3v) is 2.56. The van der Waals surface area contributed by atoms with E-state index in [1.165, 1.54) is 15.6 Å². The van der Waals surface area contributed by atoms with Gasteiger partial charge in [0.2, 0.25) is 0 Å². The first-order chi connectivity index (χ1) is 6.29. The summed E-state index contributed by atoms with van der Waals surface area (Å²) in [6.45, 7) is 7.52. The van der Waals surface area contributed by atoms with Crippen LogP contribution in [0.5, 0.6) is 0 Å². The van der Waals surface area contributed by atoms with E-state index < -0.39 is 0 Å². The largest absolute Gasteiger partial charge is 0.176 e. The Morgan fingerprint density at radius 3 is 2.46 bits per heavy atom. The lowest BCUT2D eigenvalue weighted by atomic mass is 10.0. The lowest BCUT2D eigenvalue weighted by molar-refractivity contribution is 1.17. The Hall–Kier alpha value is -0.768. The smallest absolute Gasteiger partial charge is 0.135 e. The van der Waals surface area contributed by atoms with Crippen molar-refractivity contribution in [1.82, 2.24) is 0 Å². The molecule has 0 saturated heterocycles. The van der Waals surface area contributed by atoms with E-state index in [2.05, 4.69) is 47.6 Å². The minimum Gasteiger partial charge on any atom is -0.135 e. The molecule has 0 spiro atoms. The van der Waals surface area contributed by atoms with Crippen LogP contribution in [0.25, 0.3) is 0 Å². The second kappa shape index (κ2) is 5.07. The Morgan fingerprint density at radius 1 is 1.15 bits per heavy atom. The molecule has 13 heavy (non-hydrogen) atoms. The molecule has 0 bridgehead atoms. The zero-order valence-corrected chi connectivity index (χ0v) is 8.95. The van der Waals surface area contributed by atoms with Gasteiger partial charge in [-0.2, -0.15) is 0 Å². The number of hydrogen-bond donors (Lipinski definition) is 0. The van der Waals surface area contributed by atoms with Crippen LogP contribution in [0, 0.1) is 0 Å². The van der Waals surface area contributed by atoms with E-state index in [9.17, 15) is 0 Å². The van der Waals surface area contributed by atoms with Crippen molar-refractivity contribution in [2.45, 2.75) is 12.8 Å². The van der Waals surface area contributed by atoms with Crippen LogP contribution in [-0.4, -0.2) is 16.3 Å². The standard InChI is InChI=1S/C12H13.Al/c1-3-7-11-9-5-6-10-12(11)8-4-2;/h3-6,9H,1-2,7-8H2;. The van der Waals surface area contributed by atoms with Crippen LogP contribution in [-0.2, 0) is 12.8 Å². The average Bonchev–Trinajstić information content (AvgIpc) is 2.11. The van der Waals surface area contributed by atoms with E-state index in [0.717, 1.165) is 12.8 Å². The van der Waals surface area contributed by atoms with Crippen molar-refractivity contribution < 1.29 is 0 Å². The van der Waals surface area contributed by atoms with Crippen LogP contribution in [0.1, 0.15) is 11.1 Å². The highest BCUT2D eigenvalue weighted by Gasteiger charge is 2.00. The quantitative estimate of drug-likeness (QED) is 0.495. The lowest BCUT2D eigenvalue weighted by Gasteiger charge is -2.09. The molecule has 0 aliphatic carbocycles. The highest BCUT2D eigenvalue weighted by molar-refractivity contribution is 6.33. The first kappa shape index (κ1) is 10.3. The van der Waals surface area contributed by atoms with Gasteiger partial charge < -0.3 is 0 Å². The Kier molecular flexibility index (Phi) is 4.02. The van der Waals surface area contributed by atoms with E-state index in [-0.39, 0.29) is 0 Å². The maximum atomic E-state index is 3.76. The van der Waals surface area contributed by atoms with Gasteiger partial charge in [-0.25, -0.2) is 0 Å². The predicted octanol–water partition coefficient (Wildman–Crippen LogP) is 1.94. The van der Waals surface area contributed by atoms with E-state index in [4.69, 9.17) is 0 Å². The molecule has 0 N–H and O–H groups in total. The Bertz CT molecular complexity index is 313. The molecule has 0 amide bonds. The van der Waals surface area contributed by atoms with Gasteiger partial charge in [0.1, 0.15) is 0 Å². The van der Waals surface area contributed by atoms with Crippen LogP contribution in [0.4, 0.5) is 0 Å². The number of allylic oxidation sites excluding steroid dienone is 2. The van der Waals surface area contributed by atoms with Gasteiger partial charge in [-0.1, -0.05) is 35.9 Å². The molecule has 0 nitrogen and oxygen atoms in total. The second-order valence-electron chi connectivity index (χ2n) is 2.97. The molecule has 0 saturated carbocycles. The zero-order chi connectivity index (χ0) is 9.68. The van der Waals surface area contributed by atoms with Gasteiger partial charge in [0, 0.05) is 0 Å². The van der Waals surface area contributed by atoms with Crippen molar-refractivity contribution in [2.75, 3.05) is 0 Å². The van der Waals surface area contributed by atoms with E-state index in [0.29, 0.717) is 0 Å². The predicted molar refractivity (Wildman–Crippen MR) is 59.6 cm³/mol. The molecule has 0 fully saturated rings. The highest BCUT2D eigenvalue weighted by atomic mass is 27.0. The number of rotatable bonds is 4. The van der Waals surface area contributed by atoms with E-state index in [1.807, 2.05) is 12.2 Å². The molecule has 0 aliphatic rings. The van der Waals surface area contributed by atoms with Crippen LogP contribution in [0.3, 0.4) is 0 Å². The van der Waals surface area contributed by atoms with Crippen molar-refractivity contribution >= 4 is 20.7 Å². The Morgan fingerprint density at radius 2 is 1.85 bits per heavy atom. The summed E-state index contributed by atoms with van der Waals surface area (Å²) >= 11 is 2.76. The van der Waals surface area contributed by atoms with Crippen molar-refractivity contribution in [3.05, 3.63) is 54.6 Å². The van der Waals surface area contributed by atoms with Crippen molar-refractivity contribution in [3.63, 3.8) is 0 Å². The Labute approximate surface area is 88.4 Å². The molecule has 0 heterocycles. The van der Waals surface area contributed by atoms with Gasteiger partial charge >= 0.3 is 0 Å². The average molecular weight is 184 g/mol. The molecule has 1 rings (SSSR count). The van der Waals surface area contributed by atoms with Gasteiger partial charge in [0.15, 0.2) is 16.3 Å². The fourth-order valence-electron chi connectivity index (χ4n) is 1.39. The first-order valence-corrected chi connectivity index (χ1v) is 4.95. The van der Waals surface area contributed by atoms with Crippen molar-refractivity contribution in [3.8, 4) is 0 Å². The van der Waals surface area contributed by atoms with Gasteiger partial charge in [0.05, 0.1) is 0 Å². The third-order valence-electron chi connectivity index (χ3n) is 2.02. The maximum Gasteiger partial charge on any atom is 0.176 e. The summed E-state index contributed by atoms with van der Waals surface area (Å²) in [5.74, 6) is 0. The van der Waals surface area contributed by atoms with Crippen molar-refractivity contribution in [2.24, 2.45) is 0 Å². The summed E-state index contributed by atoms with van der Waals surface area (Å²) in [7, 11) is 0. The summed E-state index contributed by atoms with van der Waals surface area (Å²) in [6.07, 6.45) is 5.75. The van der Waals surface area contributed by atoms with Crippen LogP contribution >= 0.6 is 0 Å². The fourth-order valence-corrected chi connectivity index (χ4v) is 1.81. The summed E-state index contributed by atoms with van der Waals surface area (Å²) in [4.78, 5) is 0. The van der Waals surface area contributed by atoms with E-state index >= 15 is 0 Å². The molecule has 2 radical (unpaired) electrons. The minimum absolute atomic E-state index is 0.933. The van der Waals surface area contributed by atoms with Crippen molar-refractivity contribution in [1.29, 1.82) is 0 Å². The molecule has 0 aliphatic heterocycles. The van der Waals surface area contributed by atoms with Gasteiger partial charge in [-0.15, -0.1) is 17.6 Å². The molecule has 1 aromatic carbocycles. The SMILES string of the molecule is C=CCc1ccc[c]([Al])c1CC=C. The number of hydrogen-bond acceptors (Lipinski definition) is 0. The summed E-state index contributed by atoms with van der Waals surface area (Å²) < 4.78 is 1.26. The van der Waals surface area contributed by atoms with Gasteiger partial charge in [-0.05, 0) is 18.4 Å². The molecular weight excluding hydrogens is 171 g/mol. The molecule has 0 unspecified atom stereocenters. The summed E-state index contributed by atoms with van der Waals surface area (Å²) in [5, 5.41) is 0. The molecular formula is C12H13Al. The lowest BCUT2D eigenvalue weighted by Crippen LogP contribution is -2.12. The summed E-state index contributed by atoms with van der Waals surface area (Å²) in [5.41, 5.74) is 2.71. The minimum atomic E-state index is 0.933. The molecule has 0 aromatic heterocycles. The van der Waals surface area contributed by atoms with Gasteiger partial charge in [0.25, 0.3) is 0 Å². The molecule has 1 heteroatoms. The summed E-state index contributed by atoms with van der Waals surface area (Å²) in [6, 6.07) is 6.33. The molecule has 1 aromatic rings. The Balaban J connectivity index is 3.08. The fraction of sp³-hybridized carbons (Fsp3) is 0.167. The van der Waals surface area contributed by atoms with E-state index in [1.54, 1.807) is 0 Å². The normalized spacial score (nSPS) is 9.54. The van der Waals surface area contributed by atoms with Crippen LogP contribution in [0.2, 0.25) is 0 Å². The van der Waals surface area contributed by atoms with Crippen LogP contribution in [0.15, 0.2) is 43.5 Å². The monoisotopic (exact) mass is 184 g/mol. The first-order valence-electron chi connectivity index (χ1n) is 4.37. The van der Waals surface area contributed by atoms with Gasteiger partial charge in [-0.3, -0.25) is 0 Å². The maximum absolute atomic E-state index is 3.76. The molecule has 0 atom stereocenters. The topological polar surface area (TPSA) is 0 Å². The molecule has 64 valence electrons. The number of benzene rings is 1.